The van der Waals surface area contributed by atoms with Crippen LogP contribution in [0.15, 0.2) is 23.4 Å². The summed E-state index contributed by atoms with van der Waals surface area (Å²) in [6.07, 6.45) is 2.37. The summed E-state index contributed by atoms with van der Waals surface area (Å²) >= 11 is 0. The summed E-state index contributed by atoms with van der Waals surface area (Å²) in [4.78, 5) is 0. The van der Waals surface area contributed by atoms with E-state index in [1.807, 2.05) is 20.8 Å². The third kappa shape index (κ3) is 2.99. The Kier molecular flexibility index (Phi) is 5.16. The van der Waals surface area contributed by atoms with Crippen molar-refractivity contribution in [2.75, 3.05) is 0 Å². The molecule has 1 aromatic carbocycles. The molecule has 0 amide bonds. The Labute approximate surface area is 117 Å². The van der Waals surface area contributed by atoms with Crippen LogP contribution in [0.1, 0.15) is 64.7 Å². The SMILES string of the molecule is C/C(=N\O)c1ccc2c(c1)CCC(C)C2(C)C.CC. The lowest BCUT2D eigenvalue weighted by atomic mass is 9.66. The van der Waals surface area contributed by atoms with E-state index in [1.165, 1.54) is 17.5 Å². The summed E-state index contributed by atoms with van der Waals surface area (Å²) in [7, 11) is 0. The molecule has 0 saturated carbocycles. The molecule has 0 aliphatic heterocycles. The highest BCUT2D eigenvalue weighted by Gasteiger charge is 2.33. The molecule has 1 N–H and O–H groups in total. The number of hydrogen-bond acceptors (Lipinski definition) is 2. The minimum absolute atomic E-state index is 0.246. The van der Waals surface area contributed by atoms with Gasteiger partial charge < -0.3 is 5.21 Å². The molecule has 106 valence electrons. The number of benzene rings is 1. The Bertz CT molecular complexity index is 460. The molecule has 1 unspecified atom stereocenters. The third-order valence-electron chi connectivity index (χ3n) is 4.45. The average Bonchev–Trinajstić information content (AvgIpc) is 2.44. The molecule has 1 aromatic rings. The van der Waals surface area contributed by atoms with Gasteiger partial charge in [-0.15, -0.1) is 0 Å². The molecule has 0 heterocycles. The summed E-state index contributed by atoms with van der Waals surface area (Å²) in [6, 6.07) is 6.45. The highest BCUT2D eigenvalue weighted by atomic mass is 16.4. The first-order valence-electron chi connectivity index (χ1n) is 7.29. The highest BCUT2D eigenvalue weighted by molar-refractivity contribution is 5.98. The van der Waals surface area contributed by atoms with Crippen molar-refractivity contribution >= 4 is 5.71 Å². The molecule has 1 atom stereocenters. The van der Waals surface area contributed by atoms with Crippen LogP contribution in [0, 0.1) is 5.92 Å². The zero-order valence-electron chi connectivity index (χ0n) is 13.1. The van der Waals surface area contributed by atoms with Crippen LogP contribution in [0.5, 0.6) is 0 Å². The van der Waals surface area contributed by atoms with E-state index < -0.39 is 0 Å². The quantitative estimate of drug-likeness (QED) is 0.441. The maximum Gasteiger partial charge on any atom is 0.0837 e. The number of hydrogen-bond donors (Lipinski definition) is 1. The van der Waals surface area contributed by atoms with Crippen molar-refractivity contribution in [3.63, 3.8) is 0 Å². The van der Waals surface area contributed by atoms with Gasteiger partial charge in [0.05, 0.1) is 5.71 Å². The average molecular weight is 261 g/mol. The van der Waals surface area contributed by atoms with Gasteiger partial charge in [0.1, 0.15) is 0 Å². The molecule has 0 aromatic heterocycles. The van der Waals surface area contributed by atoms with Crippen molar-refractivity contribution in [1.29, 1.82) is 0 Å². The minimum atomic E-state index is 0.246. The van der Waals surface area contributed by atoms with Gasteiger partial charge in [-0.25, -0.2) is 0 Å². The lowest BCUT2D eigenvalue weighted by Crippen LogP contribution is -2.32. The molecule has 0 spiro atoms. The van der Waals surface area contributed by atoms with Gasteiger partial charge in [0.25, 0.3) is 0 Å². The monoisotopic (exact) mass is 261 g/mol. The van der Waals surface area contributed by atoms with E-state index >= 15 is 0 Å². The van der Waals surface area contributed by atoms with E-state index in [-0.39, 0.29) is 5.41 Å². The van der Waals surface area contributed by atoms with Gasteiger partial charge in [-0.3, -0.25) is 0 Å². The Morgan fingerprint density at radius 1 is 1.32 bits per heavy atom. The van der Waals surface area contributed by atoms with E-state index in [2.05, 4.69) is 44.1 Å². The molecule has 0 bridgehead atoms. The largest absolute Gasteiger partial charge is 0.411 e. The Balaban J connectivity index is 0.000000861. The van der Waals surface area contributed by atoms with E-state index in [4.69, 9.17) is 5.21 Å². The van der Waals surface area contributed by atoms with Crippen molar-refractivity contribution in [2.45, 2.75) is 59.8 Å². The van der Waals surface area contributed by atoms with Crippen LogP contribution >= 0.6 is 0 Å². The molecule has 2 rings (SSSR count). The van der Waals surface area contributed by atoms with Crippen molar-refractivity contribution in [3.8, 4) is 0 Å². The van der Waals surface area contributed by atoms with Crippen LogP contribution in [0.2, 0.25) is 0 Å². The fourth-order valence-electron chi connectivity index (χ4n) is 2.71. The summed E-state index contributed by atoms with van der Waals surface area (Å²) in [5.74, 6) is 0.716. The second-order valence-electron chi connectivity index (χ2n) is 5.72. The highest BCUT2D eigenvalue weighted by Crippen LogP contribution is 2.41. The van der Waals surface area contributed by atoms with Crippen LogP contribution in [0.3, 0.4) is 0 Å². The Morgan fingerprint density at radius 2 is 1.95 bits per heavy atom. The van der Waals surface area contributed by atoms with E-state index in [0.717, 1.165) is 12.0 Å². The molecule has 19 heavy (non-hydrogen) atoms. The number of aryl methyl sites for hydroxylation is 1. The van der Waals surface area contributed by atoms with Crippen molar-refractivity contribution < 1.29 is 5.21 Å². The first kappa shape index (κ1) is 15.7. The van der Waals surface area contributed by atoms with Gasteiger partial charge in [-0.05, 0) is 53.9 Å². The molecule has 0 fully saturated rings. The molecule has 2 heteroatoms. The van der Waals surface area contributed by atoms with Crippen molar-refractivity contribution in [2.24, 2.45) is 11.1 Å². The molecule has 2 nitrogen and oxygen atoms in total. The molecular weight excluding hydrogens is 234 g/mol. The summed E-state index contributed by atoms with van der Waals surface area (Å²) in [5, 5.41) is 12.1. The summed E-state index contributed by atoms with van der Waals surface area (Å²) in [5.41, 5.74) is 4.82. The van der Waals surface area contributed by atoms with Gasteiger partial charge in [0, 0.05) is 0 Å². The Hall–Kier alpha value is -1.31. The van der Waals surface area contributed by atoms with Crippen molar-refractivity contribution in [1.82, 2.24) is 0 Å². The van der Waals surface area contributed by atoms with E-state index in [9.17, 15) is 0 Å². The molecule has 0 saturated heterocycles. The van der Waals surface area contributed by atoms with Crippen LogP contribution in [-0.2, 0) is 11.8 Å². The normalized spacial score (nSPS) is 21.2. The zero-order chi connectivity index (χ0) is 14.6. The summed E-state index contributed by atoms with van der Waals surface area (Å²) < 4.78 is 0. The van der Waals surface area contributed by atoms with Gasteiger partial charge in [0.15, 0.2) is 0 Å². The first-order valence-corrected chi connectivity index (χ1v) is 7.29. The number of rotatable bonds is 1. The lowest BCUT2D eigenvalue weighted by molar-refractivity contribution is 0.302. The number of oxime groups is 1. The minimum Gasteiger partial charge on any atom is -0.411 e. The van der Waals surface area contributed by atoms with Gasteiger partial charge in [-0.2, -0.15) is 0 Å². The number of nitrogens with zero attached hydrogens (tertiary/aromatic N) is 1. The molecule has 1 aliphatic rings. The number of fused-ring (bicyclic) bond motifs is 1. The second-order valence-corrected chi connectivity index (χ2v) is 5.72. The van der Waals surface area contributed by atoms with Crippen LogP contribution in [0.25, 0.3) is 0 Å². The topological polar surface area (TPSA) is 32.6 Å². The second kappa shape index (κ2) is 6.23. The molecule has 1 aliphatic carbocycles. The maximum atomic E-state index is 8.82. The lowest BCUT2D eigenvalue weighted by Gasteiger charge is -2.38. The van der Waals surface area contributed by atoms with Gasteiger partial charge in [0.2, 0.25) is 0 Å². The van der Waals surface area contributed by atoms with E-state index in [1.54, 1.807) is 0 Å². The standard InChI is InChI=1S/C15H21NO.C2H6/c1-10-5-6-13-9-12(11(2)16-17)7-8-14(13)15(10,3)4;1-2/h7-10,17H,5-6H2,1-4H3;1-2H3/b16-11+;. The van der Waals surface area contributed by atoms with E-state index in [0.29, 0.717) is 11.6 Å². The van der Waals surface area contributed by atoms with Crippen molar-refractivity contribution in [3.05, 3.63) is 34.9 Å². The molecule has 0 radical (unpaired) electrons. The van der Waals surface area contributed by atoms with Gasteiger partial charge >= 0.3 is 0 Å². The zero-order valence-corrected chi connectivity index (χ0v) is 13.1. The first-order chi connectivity index (χ1) is 8.96. The summed E-state index contributed by atoms with van der Waals surface area (Å²) in [6.45, 7) is 12.8. The maximum absolute atomic E-state index is 8.82. The predicted octanol–water partition coefficient (Wildman–Crippen LogP) is 4.77. The third-order valence-corrected chi connectivity index (χ3v) is 4.45. The smallest absolute Gasteiger partial charge is 0.0837 e. The predicted molar refractivity (Wildman–Crippen MR) is 82.3 cm³/mol. The van der Waals surface area contributed by atoms with Gasteiger partial charge in [-0.1, -0.05) is 51.9 Å². The van der Waals surface area contributed by atoms with Crippen LogP contribution < -0.4 is 0 Å². The van der Waals surface area contributed by atoms with Crippen LogP contribution in [0.4, 0.5) is 0 Å². The Morgan fingerprint density at radius 3 is 2.53 bits per heavy atom. The fourth-order valence-corrected chi connectivity index (χ4v) is 2.71. The molecular formula is C17H27NO. The fraction of sp³-hybridized carbons (Fsp3) is 0.588. The van der Waals surface area contributed by atoms with Crippen LogP contribution in [-0.4, -0.2) is 10.9 Å².